The Morgan fingerprint density at radius 1 is 1.44 bits per heavy atom. The van der Waals surface area contributed by atoms with E-state index in [-0.39, 0.29) is 12.5 Å². The molecule has 0 radical (unpaired) electrons. The fourth-order valence-corrected chi connectivity index (χ4v) is 1.96. The lowest BCUT2D eigenvalue weighted by Gasteiger charge is -2.07. The first kappa shape index (κ1) is 10.7. The molecule has 84 valence electrons. The van der Waals surface area contributed by atoms with E-state index >= 15 is 0 Å². The van der Waals surface area contributed by atoms with E-state index < -0.39 is 0 Å². The number of nitrogens with one attached hydrogen (secondary N) is 1. The molecule has 0 fully saturated rings. The van der Waals surface area contributed by atoms with Crippen LogP contribution in [-0.2, 0) is 17.8 Å². The normalized spacial score (nSPS) is 10.6. The third-order valence-electron chi connectivity index (χ3n) is 2.73. The van der Waals surface area contributed by atoms with Crippen molar-refractivity contribution in [1.29, 1.82) is 0 Å². The molecular formula is C12H15N3O. The molecule has 0 saturated carbocycles. The minimum atomic E-state index is -0.191. The second kappa shape index (κ2) is 4.37. The van der Waals surface area contributed by atoms with Crippen molar-refractivity contribution < 1.29 is 4.79 Å². The zero-order valence-corrected chi connectivity index (χ0v) is 9.23. The molecule has 4 heteroatoms. The molecule has 1 aromatic heterocycles. The molecule has 1 heterocycles. The Hall–Kier alpha value is -1.81. The first-order valence-corrected chi connectivity index (χ1v) is 5.32. The number of nitrogens with two attached hydrogens (primary N) is 1. The third-order valence-corrected chi connectivity index (χ3v) is 2.73. The van der Waals surface area contributed by atoms with Crippen molar-refractivity contribution in [2.24, 2.45) is 5.84 Å². The van der Waals surface area contributed by atoms with E-state index in [9.17, 15) is 4.79 Å². The number of aromatic nitrogens is 1. The average molecular weight is 217 g/mol. The van der Waals surface area contributed by atoms with Gasteiger partial charge in [0, 0.05) is 6.20 Å². The van der Waals surface area contributed by atoms with E-state index in [0.717, 1.165) is 17.3 Å². The Labute approximate surface area is 94.0 Å². The number of carbonyl (C=O) groups is 1. The van der Waals surface area contributed by atoms with Crippen molar-refractivity contribution in [1.82, 2.24) is 9.99 Å². The first-order valence-electron chi connectivity index (χ1n) is 5.32. The fourth-order valence-electron chi connectivity index (χ4n) is 1.96. The van der Waals surface area contributed by atoms with Crippen molar-refractivity contribution in [2.75, 3.05) is 0 Å². The van der Waals surface area contributed by atoms with Crippen LogP contribution >= 0.6 is 0 Å². The van der Waals surface area contributed by atoms with Crippen molar-refractivity contribution in [2.45, 2.75) is 19.9 Å². The van der Waals surface area contributed by atoms with Crippen LogP contribution in [-0.4, -0.2) is 10.5 Å². The number of hydrogen-bond acceptors (Lipinski definition) is 2. The number of nitrogens with zero attached hydrogens (tertiary/aromatic N) is 1. The third kappa shape index (κ3) is 1.79. The van der Waals surface area contributed by atoms with Gasteiger partial charge in [-0.25, -0.2) is 5.84 Å². The van der Waals surface area contributed by atoms with Crippen LogP contribution in [0.15, 0.2) is 30.5 Å². The fraction of sp³-hybridized carbons (Fsp3) is 0.250. The molecule has 1 amide bonds. The van der Waals surface area contributed by atoms with Crippen LogP contribution in [0.25, 0.3) is 10.9 Å². The van der Waals surface area contributed by atoms with E-state index in [2.05, 4.69) is 18.4 Å². The summed E-state index contributed by atoms with van der Waals surface area (Å²) in [6.07, 6.45) is 2.87. The number of hydrogen-bond donors (Lipinski definition) is 2. The lowest BCUT2D eigenvalue weighted by molar-refractivity contribution is -0.121. The van der Waals surface area contributed by atoms with Gasteiger partial charge >= 0.3 is 0 Å². The van der Waals surface area contributed by atoms with Crippen molar-refractivity contribution in [3.63, 3.8) is 0 Å². The minimum absolute atomic E-state index is 0.191. The van der Waals surface area contributed by atoms with Gasteiger partial charge in [0.25, 0.3) is 5.91 Å². The van der Waals surface area contributed by atoms with E-state index in [1.54, 1.807) is 0 Å². The molecule has 0 atom stereocenters. The lowest BCUT2D eigenvalue weighted by Crippen LogP contribution is -2.33. The van der Waals surface area contributed by atoms with E-state index in [4.69, 9.17) is 5.84 Å². The van der Waals surface area contributed by atoms with E-state index in [1.165, 1.54) is 5.56 Å². The maximum absolute atomic E-state index is 11.3. The van der Waals surface area contributed by atoms with Crippen LogP contribution in [0.4, 0.5) is 0 Å². The molecule has 16 heavy (non-hydrogen) atoms. The molecule has 0 saturated heterocycles. The monoisotopic (exact) mass is 217 g/mol. The van der Waals surface area contributed by atoms with Gasteiger partial charge in [-0.2, -0.15) is 0 Å². The first-order chi connectivity index (χ1) is 7.76. The topological polar surface area (TPSA) is 60.0 Å². The molecule has 0 spiro atoms. The van der Waals surface area contributed by atoms with Crippen molar-refractivity contribution in [3.05, 3.63) is 36.0 Å². The van der Waals surface area contributed by atoms with E-state index in [1.807, 2.05) is 29.0 Å². The van der Waals surface area contributed by atoms with E-state index in [0.29, 0.717) is 0 Å². The maximum Gasteiger partial charge on any atom is 0.253 e. The van der Waals surface area contributed by atoms with Gasteiger partial charge in [0.1, 0.15) is 6.54 Å². The van der Waals surface area contributed by atoms with Crippen LogP contribution in [0.1, 0.15) is 12.5 Å². The standard InChI is InChI=1S/C12H15N3O/c1-2-9-4-3-5-10-6-7-15(12(9)10)8-11(16)14-13/h3-7H,2,8,13H2,1H3,(H,14,16). The quantitative estimate of drug-likeness (QED) is 0.461. The highest BCUT2D eigenvalue weighted by atomic mass is 16.2. The number of carbonyl (C=O) groups excluding carboxylic acids is 1. The number of fused-ring (bicyclic) bond motifs is 1. The second-order valence-electron chi connectivity index (χ2n) is 3.72. The van der Waals surface area contributed by atoms with Crippen LogP contribution in [0.5, 0.6) is 0 Å². The largest absolute Gasteiger partial charge is 0.338 e. The highest BCUT2D eigenvalue weighted by molar-refractivity contribution is 5.85. The molecule has 1 aromatic carbocycles. The van der Waals surface area contributed by atoms with Gasteiger partial charge in [0.05, 0.1) is 5.52 Å². The Balaban J connectivity index is 2.49. The summed E-state index contributed by atoms with van der Waals surface area (Å²) in [6, 6.07) is 8.18. The lowest BCUT2D eigenvalue weighted by atomic mass is 10.1. The van der Waals surface area contributed by atoms with Gasteiger partial charge in [-0.15, -0.1) is 0 Å². The summed E-state index contributed by atoms with van der Waals surface area (Å²) in [5, 5.41) is 1.16. The van der Waals surface area contributed by atoms with Crippen molar-refractivity contribution in [3.8, 4) is 0 Å². The number of hydrazine groups is 1. The zero-order valence-electron chi connectivity index (χ0n) is 9.23. The van der Waals surface area contributed by atoms with Gasteiger partial charge in [-0.1, -0.05) is 25.1 Å². The van der Waals surface area contributed by atoms with Crippen LogP contribution in [0.3, 0.4) is 0 Å². The van der Waals surface area contributed by atoms with Gasteiger partial charge in [0.15, 0.2) is 0 Å². The molecular weight excluding hydrogens is 202 g/mol. The molecule has 4 nitrogen and oxygen atoms in total. The molecule has 2 rings (SSSR count). The highest BCUT2D eigenvalue weighted by Gasteiger charge is 2.07. The number of amides is 1. The summed E-state index contributed by atoms with van der Waals surface area (Å²) in [7, 11) is 0. The Kier molecular flexibility index (Phi) is 2.92. The van der Waals surface area contributed by atoms with Gasteiger partial charge in [-0.05, 0) is 23.4 Å². The molecule has 0 bridgehead atoms. The molecule has 0 aliphatic carbocycles. The number of benzene rings is 1. The number of aryl methyl sites for hydroxylation is 1. The van der Waals surface area contributed by atoms with Gasteiger partial charge in [0.2, 0.25) is 0 Å². The number of para-hydroxylation sites is 1. The number of rotatable bonds is 3. The Morgan fingerprint density at radius 3 is 2.94 bits per heavy atom. The summed E-state index contributed by atoms with van der Waals surface area (Å²) in [6.45, 7) is 2.37. The van der Waals surface area contributed by atoms with Gasteiger partial charge < -0.3 is 4.57 Å². The predicted octanol–water partition coefficient (Wildman–Crippen LogP) is 1.19. The van der Waals surface area contributed by atoms with Crippen molar-refractivity contribution >= 4 is 16.8 Å². The van der Waals surface area contributed by atoms with Crippen LogP contribution in [0, 0.1) is 0 Å². The zero-order chi connectivity index (χ0) is 11.5. The Bertz CT molecular complexity index is 516. The smallest absolute Gasteiger partial charge is 0.253 e. The molecule has 0 aliphatic heterocycles. The average Bonchev–Trinajstić information content (AvgIpc) is 2.72. The predicted molar refractivity (Wildman–Crippen MR) is 63.6 cm³/mol. The Morgan fingerprint density at radius 2 is 2.25 bits per heavy atom. The summed E-state index contributed by atoms with van der Waals surface area (Å²) in [4.78, 5) is 11.3. The van der Waals surface area contributed by atoms with Gasteiger partial charge in [-0.3, -0.25) is 10.2 Å². The summed E-state index contributed by atoms with van der Waals surface area (Å²) >= 11 is 0. The summed E-state index contributed by atoms with van der Waals surface area (Å²) in [5.41, 5.74) is 4.51. The molecule has 3 N–H and O–H groups in total. The second-order valence-corrected chi connectivity index (χ2v) is 3.72. The highest BCUT2D eigenvalue weighted by Crippen LogP contribution is 2.20. The maximum atomic E-state index is 11.3. The summed E-state index contributed by atoms with van der Waals surface area (Å²) < 4.78 is 1.93. The minimum Gasteiger partial charge on any atom is -0.338 e. The van der Waals surface area contributed by atoms with Crippen LogP contribution < -0.4 is 11.3 Å². The molecule has 0 aliphatic rings. The SMILES string of the molecule is CCc1cccc2ccn(CC(=O)NN)c12. The summed E-state index contributed by atoms with van der Waals surface area (Å²) in [5.74, 6) is 4.90. The molecule has 2 aromatic rings. The molecule has 0 unspecified atom stereocenters. The van der Waals surface area contributed by atoms with Crippen LogP contribution in [0.2, 0.25) is 0 Å².